The molecule has 0 fully saturated rings. The third-order valence-electron chi connectivity index (χ3n) is 2.46. The largest absolute Gasteiger partial charge is 0.480 e. The highest BCUT2D eigenvalue weighted by Crippen LogP contribution is 2.04. The van der Waals surface area contributed by atoms with Gasteiger partial charge in [-0.25, -0.2) is 0 Å². The van der Waals surface area contributed by atoms with Crippen LogP contribution in [0.2, 0.25) is 0 Å². The lowest BCUT2D eigenvalue weighted by atomic mass is 10.1. The van der Waals surface area contributed by atoms with Crippen molar-refractivity contribution in [2.75, 3.05) is 27.2 Å². The minimum atomic E-state index is -0.784. The average Bonchev–Trinajstić information content (AvgIpc) is 2.13. The van der Waals surface area contributed by atoms with Crippen LogP contribution in [0.25, 0.3) is 0 Å². The SMILES string of the molecule is CNC(CN(C)CCCC(C)C)C(=O)O. The Hall–Kier alpha value is -0.610. The van der Waals surface area contributed by atoms with Crippen LogP contribution in [0.5, 0.6) is 0 Å². The van der Waals surface area contributed by atoms with Crippen molar-refractivity contribution in [2.24, 2.45) is 5.92 Å². The van der Waals surface area contributed by atoms with Gasteiger partial charge in [0.25, 0.3) is 0 Å². The first-order valence-corrected chi connectivity index (χ1v) is 5.56. The van der Waals surface area contributed by atoms with Crippen LogP contribution in [-0.2, 0) is 4.79 Å². The molecule has 4 heteroatoms. The van der Waals surface area contributed by atoms with Gasteiger partial charge in [-0.15, -0.1) is 0 Å². The van der Waals surface area contributed by atoms with Crippen molar-refractivity contribution in [1.82, 2.24) is 10.2 Å². The third kappa shape index (κ3) is 7.33. The molecule has 0 heterocycles. The predicted molar refractivity (Wildman–Crippen MR) is 62.1 cm³/mol. The van der Waals surface area contributed by atoms with Gasteiger partial charge < -0.3 is 15.3 Å². The molecule has 1 atom stereocenters. The molecule has 0 saturated carbocycles. The normalized spacial score (nSPS) is 13.5. The maximum absolute atomic E-state index is 10.8. The molecular formula is C11H24N2O2. The molecule has 0 saturated heterocycles. The minimum Gasteiger partial charge on any atom is -0.480 e. The van der Waals surface area contributed by atoms with E-state index < -0.39 is 12.0 Å². The topological polar surface area (TPSA) is 52.6 Å². The number of carbonyl (C=O) groups is 1. The van der Waals surface area contributed by atoms with Crippen molar-refractivity contribution in [3.05, 3.63) is 0 Å². The first-order valence-electron chi connectivity index (χ1n) is 5.56. The number of rotatable bonds is 8. The fourth-order valence-electron chi connectivity index (χ4n) is 1.47. The molecule has 1 unspecified atom stereocenters. The summed E-state index contributed by atoms with van der Waals surface area (Å²) in [6, 6.07) is -0.464. The molecule has 0 spiro atoms. The van der Waals surface area contributed by atoms with Crippen LogP contribution in [0, 0.1) is 5.92 Å². The molecule has 0 aliphatic carbocycles. The Morgan fingerprint density at radius 3 is 2.47 bits per heavy atom. The van der Waals surface area contributed by atoms with Crippen LogP contribution in [-0.4, -0.2) is 49.2 Å². The molecule has 0 rings (SSSR count). The van der Waals surface area contributed by atoms with Crippen molar-refractivity contribution in [3.8, 4) is 0 Å². The quantitative estimate of drug-likeness (QED) is 0.636. The standard InChI is InChI=1S/C11H24N2O2/c1-9(2)6-5-7-13(4)8-10(12-3)11(14)15/h9-10,12H,5-8H2,1-4H3,(H,14,15). The molecular weight excluding hydrogens is 192 g/mol. The van der Waals surface area contributed by atoms with Gasteiger partial charge in [0.1, 0.15) is 6.04 Å². The number of nitrogens with one attached hydrogen (secondary N) is 1. The molecule has 0 aliphatic heterocycles. The van der Waals surface area contributed by atoms with Crippen molar-refractivity contribution in [3.63, 3.8) is 0 Å². The first kappa shape index (κ1) is 14.4. The third-order valence-corrected chi connectivity index (χ3v) is 2.46. The number of hydrogen-bond acceptors (Lipinski definition) is 3. The number of aliphatic carboxylic acids is 1. The highest BCUT2D eigenvalue weighted by atomic mass is 16.4. The van der Waals surface area contributed by atoms with E-state index in [-0.39, 0.29) is 0 Å². The highest BCUT2D eigenvalue weighted by Gasteiger charge is 2.16. The number of carboxylic acid groups (broad SMARTS) is 1. The monoisotopic (exact) mass is 216 g/mol. The van der Waals surface area contributed by atoms with Crippen molar-refractivity contribution < 1.29 is 9.90 Å². The van der Waals surface area contributed by atoms with Crippen molar-refractivity contribution >= 4 is 5.97 Å². The van der Waals surface area contributed by atoms with E-state index in [4.69, 9.17) is 5.11 Å². The van der Waals surface area contributed by atoms with E-state index in [1.807, 2.05) is 7.05 Å². The Morgan fingerprint density at radius 1 is 1.47 bits per heavy atom. The Kier molecular flexibility index (Phi) is 7.34. The molecule has 0 aromatic carbocycles. The molecule has 0 aromatic heterocycles. The van der Waals surface area contributed by atoms with Crippen LogP contribution in [0.1, 0.15) is 26.7 Å². The maximum atomic E-state index is 10.8. The van der Waals surface area contributed by atoms with Crippen LogP contribution in [0.4, 0.5) is 0 Å². The van der Waals surface area contributed by atoms with E-state index in [0.29, 0.717) is 6.54 Å². The van der Waals surface area contributed by atoms with Gasteiger partial charge in [-0.2, -0.15) is 0 Å². The van der Waals surface area contributed by atoms with Gasteiger partial charge in [0.05, 0.1) is 0 Å². The summed E-state index contributed by atoms with van der Waals surface area (Å²) < 4.78 is 0. The van der Waals surface area contributed by atoms with E-state index in [2.05, 4.69) is 24.1 Å². The van der Waals surface area contributed by atoms with Gasteiger partial charge in [0.2, 0.25) is 0 Å². The zero-order valence-electron chi connectivity index (χ0n) is 10.3. The molecule has 0 bridgehead atoms. The average molecular weight is 216 g/mol. The van der Waals surface area contributed by atoms with Gasteiger partial charge in [-0.1, -0.05) is 13.8 Å². The van der Waals surface area contributed by atoms with Gasteiger partial charge in [-0.3, -0.25) is 4.79 Å². The summed E-state index contributed by atoms with van der Waals surface area (Å²) in [6.07, 6.45) is 2.33. The number of carboxylic acids is 1. The number of likely N-dealkylation sites (N-methyl/N-ethyl adjacent to an activating group) is 2. The van der Waals surface area contributed by atoms with Crippen LogP contribution in [0.15, 0.2) is 0 Å². The summed E-state index contributed by atoms with van der Waals surface area (Å²) in [7, 11) is 3.65. The van der Waals surface area contributed by atoms with Crippen LogP contribution in [0.3, 0.4) is 0 Å². The molecule has 0 amide bonds. The smallest absolute Gasteiger partial charge is 0.322 e. The minimum absolute atomic E-state index is 0.464. The molecule has 0 aliphatic rings. The lowest BCUT2D eigenvalue weighted by Crippen LogP contribution is -2.43. The molecule has 90 valence electrons. The van der Waals surface area contributed by atoms with Crippen LogP contribution >= 0.6 is 0 Å². The molecule has 0 radical (unpaired) electrons. The van der Waals surface area contributed by atoms with Crippen molar-refractivity contribution in [1.29, 1.82) is 0 Å². The zero-order chi connectivity index (χ0) is 11.8. The maximum Gasteiger partial charge on any atom is 0.322 e. The second kappa shape index (κ2) is 7.65. The van der Waals surface area contributed by atoms with E-state index >= 15 is 0 Å². The first-order chi connectivity index (χ1) is 6.97. The fraction of sp³-hybridized carbons (Fsp3) is 0.909. The van der Waals surface area contributed by atoms with Gasteiger partial charge in [0, 0.05) is 6.54 Å². The zero-order valence-corrected chi connectivity index (χ0v) is 10.3. The van der Waals surface area contributed by atoms with E-state index in [9.17, 15) is 4.79 Å². The second-order valence-corrected chi connectivity index (χ2v) is 4.48. The van der Waals surface area contributed by atoms with E-state index in [1.54, 1.807) is 7.05 Å². The number of nitrogens with zero attached hydrogens (tertiary/aromatic N) is 1. The lowest BCUT2D eigenvalue weighted by molar-refractivity contribution is -0.139. The Morgan fingerprint density at radius 2 is 2.07 bits per heavy atom. The van der Waals surface area contributed by atoms with E-state index in [1.165, 1.54) is 6.42 Å². The summed E-state index contributed by atoms with van der Waals surface area (Å²) in [6.45, 7) is 5.93. The summed E-state index contributed by atoms with van der Waals surface area (Å²) in [5, 5.41) is 11.6. The predicted octanol–water partition coefficient (Wildman–Crippen LogP) is 1.03. The fourth-order valence-corrected chi connectivity index (χ4v) is 1.47. The Bertz CT molecular complexity index is 183. The second-order valence-electron chi connectivity index (χ2n) is 4.48. The Balaban J connectivity index is 3.71. The highest BCUT2D eigenvalue weighted by molar-refractivity contribution is 5.73. The van der Waals surface area contributed by atoms with Gasteiger partial charge in [0.15, 0.2) is 0 Å². The van der Waals surface area contributed by atoms with Gasteiger partial charge in [-0.05, 0) is 39.4 Å². The molecule has 15 heavy (non-hydrogen) atoms. The summed E-state index contributed by atoms with van der Waals surface area (Å²) in [4.78, 5) is 12.8. The molecule has 0 aromatic rings. The Labute approximate surface area is 92.7 Å². The van der Waals surface area contributed by atoms with Crippen molar-refractivity contribution in [2.45, 2.75) is 32.7 Å². The van der Waals surface area contributed by atoms with Gasteiger partial charge >= 0.3 is 5.97 Å². The van der Waals surface area contributed by atoms with Crippen LogP contribution < -0.4 is 5.32 Å². The summed E-state index contributed by atoms with van der Waals surface area (Å²) >= 11 is 0. The molecule has 4 nitrogen and oxygen atoms in total. The molecule has 2 N–H and O–H groups in total. The van der Waals surface area contributed by atoms with E-state index in [0.717, 1.165) is 18.9 Å². The number of hydrogen-bond donors (Lipinski definition) is 2. The summed E-state index contributed by atoms with van der Waals surface area (Å²) in [5.41, 5.74) is 0. The lowest BCUT2D eigenvalue weighted by Gasteiger charge is -2.21. The summed E-state index contributed by atoms with van der Waals surface area (Å²) in [5.74, 6) is -0.0637.